The van der Waals surface area contributed by atoms with Crippen LogP contribution in [0.4, 0.5) is 0 Å². The van der Waals surface area contributed by atoms with Crippen LogP contribution in [0.15, 0.2) is 41.6 Å². The lowest BCUT2D eigenvalue weighted by atomic mass is 10.1. The molecule has 2 aromatic rings. The topological polar surface area (TPSA) is 77.3 Å². The van der Waals surface area contributed by atoms with Gasteiger partial charge in [-0.05, 0) is 25.0 Å². The first-order chi connectivity index (χ1) is 11.2. The number of nitrogens with zero attached hydrogens (tertiary/aromatic N) is 4. The molecule has 2 fully saturated rings. The van der Waals surface area contributed by atoms with Gasteiger partial charge in [0, 0.05) is 19.7 Å². The molecule has 1 aromatic carbocycles. The maximum Gasteiger partial charge on any atom is 0.243 e. The van der Waals surface area contributed by atoms with Gasteiger partial charge in [-0.15, -0.1) is 10.2 Å². The molecular formula is C15H18N4O3S. The highest BCUT2D eigenvalue weighted by atomic mass is 32.2. The van der Waals surface area contributed by atoms with Crippen molar-refractivity contribution in [2.24, 2.45) is 0 Å². The van der Waals surface area contributed by atoms with E-state index in [9.17, 15) is 8.42 Å². The van der Waals surface area contributed by atoms with Crippen LogP contribution in [0.5, 0.6) is 0 Å². The fourth-order valence-corrected chi connectivity index (χ4v) is 4.61. The zero-order valence-electron chi connectivity index (χ0n) is 12.6. The fraction of sp³-hybridized carbons (Fsp3) is 0.467. The normalized spacial score (nSPS) is 23.0. The molecule has 0 spiro atoms. The van der Waals surface area contributed by atoms with Crippen LogP contribution in [0.25, 0.3) is 0 Å². The van der Waals surface area contributed by atoms with Gasteiger partial charge in [-0.2, -0.15) is 4.31 Å². The monoisotopic (exact) mass is 334 g/mol. The van der Waals surface area contributed by atoms with Gasteiger partial charge >= 0.3 is 0 Å². The van der Waals surface area contributed by atoms with Gasteiger partial charge in [0.1, 0.15) is 12.4 Å². The summed E-state index contributed by atoms with van der Waals surface area (Å²) in [6, 6.07) is 8.60. The molecule has 7 nitrogen and oxygen atoms in total. The molecule has 0 saturated carbocycles. The van der Waals surface area contributed by atoms with Crippen LogP contribution in [0.3, 0.4) is 0 Å². The third-order valence-electron chi connectivity index (χ3n) is 4.42. The summed E-state index contributed by atoms with van der Waals surface area (Å²) in [7, 11) is -3.41. The first-order valence-corrected chi connectivity index (χ1v) is 9.16. The summed E-state index contributed by atoms with van der Waals surface area (Å²) in [5.74, 6) is 0.809. The van der Waals surface area contributed by atoms with E-state index in [1.807, 2.05) is 10.6 Å². The molecule has 2 aliphatic heterocycles. The molecule has 3 heterocycles. The average Bonchev–Trinajstić information content (AvgIpc) is 3.17. The summed E-state index contributed by atoms with van der Waals surface area (Å²) >= 11 is 0. The van der Waals surface area contributed by atoms with Gasteiger partial charge in [0.25, 0.3) is 0 Å². The average molecular weight is 334 g/mol. The van der Waals surface area contributed by atoms with Gasteiger partial charge in [0.2, 0.25) is 10.0 Å². The minimum absolute atomic E-state index is 0.0164. The van der Waals surface area contributed by atoms with Crippen molar-refractivity contribution in [2.45, 2.75) is 29.9 Å². The highest BCUT2D eigenvalue weighted by Crippen LogP contribution is 2.33. The Morgan fingerprint density at radius 3 is 2.65 bits per heavy atom. The van der Waals surface area contributed by atoms with Crippen LogP contribution in [-0.4, -0.2) is 47.2 Å². The van der Waals surface area contributed by atoms with Gasteiger partial charge in [0.05, 0.1) is 10.9 Å². The number of sulfonamides is 1. The summed E-state index contributed by atoms with van der Waals surface area (Å²) in [6.07, 6.45) is 3.62. The number of aromatic nitrogens is 3. The Morgan fingerprint density at radius 2 is 1.96 bits per heavy atom. The molecule has 23 heavy (non-hydrogen) atoms. The van der Waals surface area contributed by atoms with E-state index in [0.29, 0.717) is 18.0 Å². The van der Waals surface area contributed by atoms with E-state index < -0.39 is 10.0 Å². The summed E-state index contributed by atoms with van der Waals surface area (Å²) in [4.78, 5) is 0.335. The Morgan fingerprint density at radius 1 is 1.17 bits per heavy atom. The van der Waals surface area contributed by atoms with Crippen molar-refractivity contribution >= 4 is 10.0 Å². The molecule has 4 rings (SSSR count). The molecule has 0 unspecified atom stereocenters. The van der Waals surface area contributed by atoms with E-state index in [4.69, 9.17) is 4.74 Å². The second-order valence-electron chi connectivity index (χ2n) is 5.89. The predicted octanol–water partition coefficient (Wildman–Crippen LogP) is 1.38. The predicted molar refractivity (Wildman–Crippen MR) is 82.2 cm³/mol. The molecule has 0 bridgehead atoms. The Kier molecular flexibility index (Phi) is 3.67. The fourth-order valence-electron chi connectivity index (χ4n) is 3.08. The van der Waals surface area contributed by atoms with Gasteiger partial charge in [-0.1, -0.05) is 18.2 Å². The van der Waals surface area contributed by atoms with E-state index in [1.165, 1.54) is 4.31 Å². The molecule has 2 saturated heterocycles. The van der Waals surface area contributed by atoms with E-state index in [0.717, 1.165) is 25.3 Å². The maximum atomic E-state index is 12.5. The smallest absolute Gasteiger partial charge is 0.243 e. The Hall–Kier alpha value is -1.77. The Labute approximate surface area is 134 Å². The zero-order chi connectivity index (χ0) is 15.9. The molecule has 1 atom stereocenters. The largest absolute Gasteiger partial charge is 0.370 e. The number of rotatable bonds is 4. The molecule has 8 heteroatoms. The molecule has 122 valence electrons. The van der Waals surface area contributed by atoms with Crippen molar-refractivity contribution in [2.75, 3.05) is 19.7 Å². The molecule has 2 aliphatic rings. The summed E-state index contributed by atoms with van der Waals surface area (Å²) in [5.41, 5.74) is 0. The first kappa shape index (κ1) is 14.8. The lowest BCUT2D eigenvalue weighted by Crippen LogP contribution is -2.50. The number of hydrogen-bond donors (Lipinski definition) is 0. The molecule has 0 radical (unpaired) electrons. The third kappa shape index (κ3) is 2.56. The maximum absolute atomic E-state index is 12.5. The third-order valence-corrected chi connectivity index (χ3v) is 6.27. The second kappa shape index (κ2) is 5.70. The molecule has 0 aliphatic carbocycles. The lowest BCUT2D eigenvalue weighted by molar-refractivity contribution is 0.0944. The van der Waals surface area contributed by atoms with Crippen molar-refractivity contribution in [1.29, 1.82) is 0 Å². The van der Waals surface area contributed by atoms with Crippen LogP contribution in [0.2, 0.25) is 0 Å². The highest BCUT2D eigenvalue weighted by molar-refractivity contribution is 7.89. The highest BCUT2D eigenvalue weighted by Gasteiger charge is 2.39. The van der Waals surface area contributed by atoms with Crippen LogP contribution < -0.4 is 0 Å². The minimum Gasteiger partial charge on any atom is -0.370 e. The molecule has 0 N–H and O–H groups in total. The van der Waals surface area contributed by atoms with Crippen molar-refractivity contribution in [3.63, 3.8) is 0 Å². The van der Waals surface area contributed by atoms with Gasteiger partial charge < -0.3 is 9.30 Å². The van der Waals surface area contributed by atoms with Crippen LogP contribution >= 0.6 is 0 Å². The first-order valence-electron chi connectivity index (χ1n) is 7.72. The quantitative estimate of drug-likeness (QED) is 0.844. The molecule has 0 amide bonds. The van der Waals surface area contributed by atoms with Crippen LogP contribution in [-0.2, 0) is 14.8 Å². The Balaban J connectivity index is 1.49. The van der Waals surface area contributed by atoms with Crippen LogP contribution in [0, 0.1) is 0 Å². The van der Waals surface area contributed by atoms with E-state index in [2.05, 4.69) is 10.2 Å². The van der Waals surface area contributed by atoms with E-state index in [1.54, 1.807) is 30.6 Å². The summed E-state index contributed by atoms with van der Waals surface area (Å²) < 4.78 is 34.2. The van der Waals surface area contributed by atoms with Gasteiger partial charge in [0.15, 0.2) is 5.82 Å². The zero-order valence-corrected chi connectivity index (χ0v) is 13.4. The summed E-state index contributed by atoms with van der Waals surface area (Å²) in [5, 5.41) is 8.15. The Bertz CT molecular complexity index is 778. The van der Waals surface area contributed by atoms with Crippen molar-refractivity contribution in [3.05, 3.63) is 42.5 Å². The lowest BCUT2D eigenvalue weighted by Gasteiger charge is -2.39. The van der Waals surface area contributed by atoms with E-state index >= 15 is 0 Å². The standard InChI is InChI=1S/C15H18N4O3S/c20-23(21,13-5-2-1-3-6-13)18-9-12(10-18)19-11-16-17-15(19)14-7-4-8-22-14/h1-3,5-6,11-12,14H,4,7-10H2/t14-/m0/s1. The molecule has 1 aromatic heterocycles. The van der Waals surface area contributed by atoms with Gasteiger partial charge in [-0.25, -0.2) is 8.42 Å². The van der Waals surface area contributed by atoms with Crippen molar-refractivity contribution in [3.8, 4) is 0 Å². The van der Waals surface area contributed by atoms with Crippen LogP contribution in [0.1, 0.15) is 30.8 Å². The van der Waals surface area contributed by atoms with E-state index in [-0.39, 0.29) is 12.1 Å². The summed E-state index contributed by atoms with van der Waals surface area (Å²) in [6.45, 7) is 1.63. The minimum atomic E-state index is -3.41. The molecular weight excluding hydrogens is 316 g/mol. The number of benzene rings is 1. The second-order valence-corrected chi connectivity index (χ2v) is 7.82. The van der Waals surface area contributed by atoms with Crippen molar-refractivity contribution < 1.29 is 13.2 Å². The number of hydrogen-bond acceptors (Lipinski definition) is 5. The number of ether oxygens (including phenoxy) is 1. The van der Waals surface area contributed by atoms with Gasteiger partial charge in [-0.3, -0.25) is 0 Å². The SMILES string of the molecule is O=S(=O)(c1ccccc1)N1CC(n2cnnc2[C@@H]2CCCO2)C1. The van der Waals surface area contributed by atoms with Crippen molar-refractivity contribution in [1.82, 2.24) is 19.1 Å².